The van der Waals surface area contributed by atoms with Gasteiger partial charge in [-0.25, -0.2) is 0 Å². The summed E-state index contributed by atoms with van der Waals surface area (Å²) < 4.78 is 0. The molecule has 0 spiro atoms. The molecule has 0 aromatic carbocycles. The summed E-state index contributed by atoms with van der Waals surface area (Å²) in [6.45, 7) is 7.16. The molecule has 94 valence electrons. The molecule has 2 nitrogen and oxygen atoms in total. The van der Waals surface area contributed by atoms with E-state index < -0.39 is 0 Å². The van der Waals surface area contributed by atoms with Crippen LogP contribution in [-0.2, 0) is 0 Å². The first-order valence-electron chi connectivity index (χ1n) is 6.98. The molecule has 2 saturated carbocycles. The number of hydrazine groups is 1. The van der Waals surface area contributed by atoms with Crippen molar-refractivity contribution in [3.05, 3.63) is 0 Å². The summed E-state index contributed by atoms with van der Waals surface area (Å²) in [6, 6.07) is 0.612. The maximum atomic E-state index is 5.71. The van der Waals surface area contributed by atoms with Crippen LogP contribution in [0.25, 0.3) is 0 Å². The van der Waals surface area contributed by atoms with Crippen molar-refractivity contribution in [2.24, 2.45) is 29.0 Å². The van der Waals surface area contributed by atoms with Gasteiger partial charge in [-0.15, -0.1) is 0 Å². The van der Waals surface area contributed by atoms with E-state index in [1.807, 2.05) is 0 Å². The molecule has 16 heavy (non-hydrogen) atoms. The van der Waals surface area contributed by atoms with Crippen LogP contribution in [0.2, 0.25) is 0 Å². The van der Waals surface area contributed by atoms with Crippen LogP contribution in [0.1, 0.15) is 59.3 Å². The lowest BCUT2D eigenvalue weighted by Crippen LogP contribution is -2.44. The molecule has 2 aliphatic carbocycles. The van der Waals surface area contributed by atoms with Crippen molar-refractivity contribution in [2.45, 2.75) is 65.3 Å². The van der Waals surface area contributed by atoms with Gasteiger partial charge in [-0.2, -0.15) is 0 Å². The molecule has 0 aromatic rings. The SMILES string of the molecule is CC(C)(C)C1CCC(C(NN)C2CC2)CC1. The first-order valence-corrected chi connectivity index (χ1v) is 6.98. The normalized spacial score (nSPS) is 33.8. The summed E-state index contributed by atoms with van der Waals surface area (Å²) in [6.07, 6.45) is 8.36. The van der Waals surface area contributed by atoms with Crippen LogP contribution in [0.15, 0.2) is 0 Å². The highest BCUT2D eigenvalue weighted by Crippen LogP contribution is 2.44. The molecule has 0 bridgehead atoms. The van der Waals surface area contributed by atoms with Gasteiger partial charge in [0.1, 0.15) is 0 Å². The molecule has 1 atom stereocenters. The third-order valence-electron chi connectivity index (χ3n) is 4.83. The Morgan fingerprint density at radius 2 is 1.38 bits per heavy atom. The fourth-order valence-electron chi connectivity index (χ4n) is 3.46. The van der Waals surface area contributed by atoms with Gasteiger partial charge in [-0.1, -0.05) is 20.8 Å². The van der Waals surface area contributed by atoms with Crippen molar-refractivity contribution >= 4 is 0 Å². The van der Waals surface area contributed by atoms with E-state index >= 15 is 0 Å². The molecule has 0 aliphatic heterocycles. The molecule has 0 amide bonds. The molecule has 3 N–H and O–H groups in total. The lowest BCUT2D eigenvalue weighted by molar-refractivity contribution is 0.127. The second kappa shape index (κ2) is 4.66. The second-order valence-electron chi connectivity index (χ2n) is 7.01. The molecule has 2 fully saturated rings. The Bertz CT molecular complexity index is 219. The van der Waals surface area contributed by atoms with E-state index in [1.165, 1.54) is 38.5 Å². The smallest absolute Gasteiger partial charge is 0.0267 e. The van der Waals surface area contributed by atoms with E-state index in [-0.39, 0.29) is 0 Å². The zero-order valence-electron chi connectivity index (χ0n) is 11.1. The highest BCUT2D eigenvalue weighted by Gasteiger charge is 2.39. The lowest BCUT2D eigenvalue weighted by atomic mass is 9.68. The molecule has 0 heterocycles. The molecular formula is C14H28N2. The van der Waals surface area contributed by atoms with E-state index in [0.29, 0.717) is 11.5 Å². The average Bonchev–Trinajstić information content (AvgIpc) is 3.03. The largest absolute Gasteiger partial charge is 0.271 e. The Balaban J connectivity index is 1.84. The van der Waals surface area contributed by atoms with Crippen LogP contribution >= 0.6 is 0 Å². The lowest BCUT2D eigenvalue weighted by Gasteiger charge is -2.39. The molecule has 2 rings (SSSR count). The van der Waals surface area contributed by atoms with E-state index in [9.17, 15) is 0 Å². The van der Waals surface area contributed by atoms with Crippen LogP contribution < -0.4 is 11.3 Å². The summed E-state index contributed by atoms with van der Waals surface area (Å²) in [7, 11) is 0. The van der Waals surface area contributed by atoms with Gasteiger partial charge in [0, 0.05) is 6.04 Å². The van der Waals surface area contributed by atoms with Crippen molar-refractivity contribution in [3.63, 3.8) is 0 Å². The van der Waals surface area contributed by atoms with Crippen LogP contribution in [-0.4, -0.2) is 6.04 Å². The Hall–Kier alpha value is -0.0800. The molecule has 2 aliphatic rings. The molecule has 0 aromatic heterocycles. The zero-order chi connectivity index (χ0) is 11.8. The van der Waals surface area contributed by atoms with E-state index in [1.54, 1.807) is 0 Å². The minimum absolute atomic E-state index is 0.496. The summed E-state index contributed by atoms with van der Waals surface area (Å²) in [5.74, 6) is 8.37. The highest BCUT2D eigenvalue weighted by molar-refractivity contribution is 4.92. The summed E-state index contributed by atoms with van der Waals surface area (Å²) >= 11 is 0. The second-order valence-corrected chi connectivity index (χ2v) is 7.01. The van der Waals surface area contributed by atoms with Crippen molar-refractivity contribution in [2.75, 3.05) is 0 Å². The highest BCUT2D eigenvalue weighted by atomic mass is 15.2. The first-order chi connectivity index (χ1) is 7.52. The maximum Gasteiger partial charge on any atom is 0.0267 e. The van der Waals surface area contributed by atoms with Gasteiger partial charge in [0.05, 0.1) is 0 Å². The van der Waals surface area contributed by atoms with Gasteiger partial charge >= 0.3 is 0 Å². The summed E-state index contributed by atoms with van der Waals surface area (Å²) in [5.41, 5.74) is 3.58. The summed E-state index contributed by atoms with van der Waals surface area (Å²) in [5, 5.41) is 0. The number of hydrogen-bond acceptors (Lipinski definition) is 2. The molecule has 1 unspecified atom stereocenters. The Morgan fingerprint density at radius 3 is 1.69 bits per heavy atom. The fourth-order valence-corrected chi connectivity index (χ4v) is 3.46. The fraction of sp³-hybridized carbons (Fsp3) is 1.00. The Kier molecular flexibility index (Phi) is 3.60. The van der Waals surface area contributed by atoms with Gasteiger partial charge in [0.25, 0.3) is 0 Å². The first kappa shape index (κ1) is 12.4. The van der Waals surface area contributed by atoms with Crippen LogP contribution in [0.4, 0.5) is 0 Å². The quantitative estimate of drug-likeness (QED) is 0.571. The standard InChI is InChI=1S/C14H28N2/c1-14(2,3)12-8-6-11(7-9-12)13(16-15)10-4-5-10/h10-13,16H,4-9,15H2,1-3H3. The topological polar surface area (TPSA) is 38.0 Å². The summed E-state index contributed by atoms with van der Waals surface area (Å²) in [4.78, 5) is 0. The number of rotatable bonds is 3. The Morgan fingerprint density at radius 1 is 0.938 bits per heavy atom. The predicted molar refractivity (Wildman–Crippen MR) is 68.7 cm³/mol. The van der Waals surface area contributed by atoms with E-state index in [4.69, 9.17) is 5.84 Å². The van der Waals surface area contributed by atoms with Crippen molar-refractivity contribution in [3.8, 4) is 0 Å². The van der Waals surface area contributed by atoms with Crippen molar-refractivity contribution < 1.29 is 0 Å². The van der Waals surface area contributed by atoms with Crippen molar-refractivity contribution in [1.29, 1.82) is 0 Å². The van der Waals surface area contributed by atoms with Crippen LogP contribution in [0.3, 0.4) is 0 Å². The number of hydrogen-bond donors (Lipinski definition) is 2. The predicted octanol–water partition coefficient (Wildman–Crippen LogP) is 3.08. The maximum absolute atomic E-state index is 5.71. The van der Waals surface area contributed by atoms with Crippen molar-refractivity contribution in [1.82, 2.24) is 5.43 Å². The van der Waals surface area contributed by atoms with Crippen LogP contribution in [0.5, 0.6) is 0 Å². The molecule has 0 saturated heterocycles. The monoisotopic (exact) mass is 224 g/mol. The molecule has 0 radical (unpaired) electrons. The third kappa shape index (κ3) is 2.78. The third-order valence-corrected chi connectivity index (χ3v) is 4.83. The minimum atomic E-state index is 0.496. The van der Waals surface area contributed by atoms with E-state index in [2.05, 4.69) is 26.2 Å². The van der Waals surface area contributed by atoms with Gasteiger partial charge in [-0.05, 0) is 61.7 Å². The minimum Gasteiger partial charge on any atom is -0.271 e. The van der Waals surface area contributed by atoms with E-state index in [0.717, 1.165) is 17.8 Å². The average molecular weight is 224 g/mol. The van der Waals surface area contributed by atoms with Gasteiger partial charge < -0.3 is 0 Å². The molecular weight excluding hydrogens is 196 g/mol. The zero-order valence-corrected chi connectivity index (χ0v) is 11.1. The molecule has 2 heteroatoms. The van der Waals surface area contributed by atoms with Crippen LogP contribution in [0, 0.1) is 23.2 Å². The Labute approximate surface area is 100 Å². The number of nitrogens with two attached hydrogens (primary N) is 1. The van der Waals surface area contributed by atoms with Gasteiger partial charge in [-0.3, -0.25) is 11.3 Å². The number of nitrogens with one attached hydrogen (secondary N) is 1. The van der Waals surface area contributed by atoms with Gasteiger partial charge in [0.2, 0.25) is 0 Å². The van der Waals surface area contributed by atoms with Gasteiger partial charge in [0.15, 0.2) is 0 Å².